The average Bonchev–Trinajstić information content (AvgIpc) is 3.24. The van der Waals surface area contributed by atoms with Crippen molar-refractivity contribution < 1.29 is 0 Å². The van der Waals surface area contributed by atoms with Gasteiger partial charge in [0, 0.05) is 18.5 Å². The number of hydrogen-bond donors (Lipinski definition) is 1. The van der Waals surface area contributed by atoms with E-state index in [9.17, 15) is 0 Å². The molecule has 0 aliphatic heterocycles. The van der Waals surface area contributed by atoms with Gasteiger partial charge in [-0.2, -0.15) is 0 Å². The van der Waals surface area contributed by atoms with Crippen LogP contribution in [0.1, 0.15) is 22.3 Å². The first-order valence-electron chi connectivity index (χ1n) is 11.0. The first-order chi connectivity index (χ1) is 15.3. The molecule has 1 aliphatic rings. The highest BCUT2D eigenvalue weighted by atomic mass is 15.2. The Kier molecular flexibility index (Phi) is 5.40. The Bertz CT molecular complexity index is 1200. The minimum atomic E-state index is 0.568. The summed E-state index contributed by atoms with van der Waals surface area (Å²) < 4.78 is 0. The maximum absolute atomic E-state index is 6.62. The fraction of sp³-hybridized carbons (Fsp3) is 0.179. The van der Waals surface area contributed by atoms with Gasteiger partial charge in [-0.3, -0.25) is 0 Å². The largest absolute Gasteiger partial charge is 0.369 e. The highest BCUT2D eigenvalue weighted by molar-refractivity contribution is 6.00. The summed E-state index contributed by atoms with van der Waals surface area (Å²) in [5.74, 6) is 0.568. The molecule has 0 heterocycles. The van der Waals surface area contributed by atoms with Crippen molar-refractivity contribution in [2.45, 2.75) is 25.8 Å². The van der Waals surface area contributed by atoms with Gasteiger partial charge >= 0.3 is 0 Å². The molecule has 31 heavy (non-hydrogen) atoms. The second-order valence-electron chi connectivity index (χ2n) is 8.20. The second-order valence-corrected chi connectivity index (χ2v) is 8.20. The molecule has 154 valence electrons. The highest BCUT2D eigenvalue weighted by Crippen LogP contribution is 2.36. The Morgan fingerprint density at radius 1 is 0.742 bits per heavy atom. The molecule has 0 saturated carbocycles. The van der Waals surface area contributed by atoms with Crippen molar-refractivity contribution in [3.8, 4) is 0 Å². The second kappa shape index (κ2) is 8.65. The van der Waals surface area contributed by atoms with Crippen molar-refractivity contribution in [2.75, 3.05) is 6.54 Å². The van der Waals surface area contributed by atoms with Crippen LogP contribution in [0.15, 0.2) is 96.0 Å². The van der Waals surface area contributed by atoms with Crippen LogP contribution in [0, 0.1) is 0 Å². The first kappa shape index (κ1) is 19.4. The van der Waals surface area contributed by atoms with Crippen molar-refractivity contribution in [2.24, 2.45) is 10.7 Å². The van der Waals surface area contributed by atoms with E-state index in [0.29, 0.717) is 5.96 Å². The van der Waals surface area contributed by atoms with Crippen LogP contribution in [-0.4, -0.2) is 17.4 Å². The standard InChI is InChI=1S/C28H27N3/c29-28(30-26-17-16-24-15-14-23-12-7-13-25(26)27(23)24)31(20-22-10-5-2-6-11-22)19-18-21-8-3-1-4-9-21/h1-13,16-17H,14-15,18-20H2,(H2,29,30). The maximum atomic E-state index is 6.62. The van der Waals surface area contributed by atoms with E-state index in [-0.39, 0.29) is 0 Å². The molecule has 3 nitrogen and oxygen atoms in total. The van der Waals surface area contributed by atoms with Crippen LogP contribution in [0.25, 0.3) is 10.8 Å². The van der Waals surface area contributed by atoms with E-state index in [0.717, 1.165) is 38.0 Å². The number of benzene rings is 4. The van der Waals surface area contributed by atoms with Gasteiger partial charge < -0.3 is 10.6 Å². The zero-order valence-electron chi connectivity index (χ0n) is 17.7. The Hall–Kier alpha value is -3.59. The van der Waals surface area contributed by atoms with E-state index in [4.69, 9.17) is 10.7 Å². The predicted molar refractivity (Wildman–Crippen MR) is 130 cm³/mol. The molecule has 0 bridgehead atoms. The lowest BCUT2D eigenvalue weighted by Gasteiger charge is -2.24. The van der Waals surface area contributed by atoms with E-state index in [2.05, 4.69) is 89.8 Å². The lowest BCUT2D eigenvalue weighted by molar-refractivity contribution is 0.412. The molecular weight excluding hydrogens is 378 g/mol. The molecule has 4 aromatic rings. The van der Waals surface area contributed by atoms with Gasteiger partial charge in [0.2, 0.25) is 0 Å². The Morgan fingerprint density at radius 3 is 2.16 bits per heavy atom. The van der Waals surface area contributed by atoms with Gasteiger partial charge in [0.1, 0.15) is 0 Å². The molecule has 3 heteroatoms. The lowest BCUT2D eigenvalue weighted by Crippen LogP contribution is -2.38. The van der Waals surface area contributed by atoms with Gasteiger partial charge in [-0.05, 0) is 53.0 Å². The van der Waals surface area contributed by atoms with Crippen LogP contribution in [0.4, 0.5) is 5.69 Å². The number of aliphatic imine (C=N–C) groups is 1. The fourth-order valence-corrected chi connectivity index (χ4v) is 4.51. The minimum Gasteiger partial charge on any atom is -0.369 e. The Balaban J connectivity index is 1.47. The van der Waals surface area contributed by atoms with E-state index in [1.165, 1.54) is 33.0 Å². The summed E-state index contributed by atoms with van der Waals surface area (Å²) in [4.78, 5) is 7.11. The van der Waals surface area contributed by atoms with Gasteiger partial charge in [0.05, 0.1) is 5.69 Å². The van der Waals surface area contributed by atoms with E-state index in [1.807, 2.05) is 6.07 Å². The van der Waals surface area contributed by atoms with Crippen LogP contribution in [-0.2, 0) is 25.8 Å². The third-order valence-corrected chi connectivity index (χ3v) is 6.14. The van der Waals surface area contributed by atoms with Gasteiger partial charge in [-0.25, -0.2) is 4.99 Å². The number of guanidine groups is 1. The smallest absolute Gasteiger partial charge is 0.196 e. The molecule has 0 atom stereocenters. The summed E-state index contributed by atoms with van der Waals surface area (Å²) in [5, 5.41) is 2.58. The van der Waals surface area contributed by atoms with Gasteiger partial charge in [0.15, 0.2) is 5.96 Å². The van der Waals surface area contributed by atoms with E-state index < -0.39 is 0 Å². The SMILES string of the molecule is NC(=Nc1ccc2c3c(cccc13)CC2)N(CCc1ccccc1)Cc1ccccc1. The molecule has 0 radical (unpaired) electrons. The third kappa shape index (κ3) is 4.17. The van der Waals surface area contributed by atoms with Crippen molar-refractivity contribution in [1.82, 2.24) is 4.90 Å². The fourth-order valence-electron chi connectivity index (χ4n) is 4.51. The summed E-state index contributed by atoms with van der Waals surface area (Å²) >= 11 is 0. The number of nitrogens with two attached hydrogens (primary N) is 1. The molecular formula is C28H27N3. The monoisotopic (exact) mass is 405 g/mol. The molecule has 0 aromatic heterocycles. The number of nitrogens with zero attached hydrogens (tertiary/aromatic N) is 2. The predicted octanol–water partition coefficient (Wildman–Crippen LogP) is 5.63. The van der Waals surface area contributed by atoms with Gasteiger partial charge in [0.25, 0.3) is 0 Å². The molecule has 0 spiro atoms. The van der Waals surface area contributed by atoms with Crippen molar-refractivity contribution in [1.29, 1.82) is 0 Å². The number of aryl methyl sites for hydroxylation is 2. The van der Waals surface area contributed by atoms with Crippen LogP contribution in [0.3, 0.4) is 0 Å². The maximum Gasteiger partial charge on any atom is 0.196 e. The van der Waals surface area contributed by atoms with Crippen molar-refractivity contribution >= 4 is 22.4 Å². The zero-order valence-corrected chi connectivity index (χ0v) is 17.7. The number of hydrogen-bond acceptors (Lipinski definition) is 1. The summed E-state index contributed by atoms with van der Waals surface area (Å²) in [6.07, 6.45) is 3.16. The Morgan fingerprint density at radius 2 is 1.42 bits per heavy atom. The zero-order chi connectivity index (χ0) is 21.0. The third-order valence-electron chi connectivity index (χ3n) is 6.14. The van der Waals surface area contributed by atoms with Crippen LogP contribution in [0.2, 0.25) is 0 Å². The van der Waals surface area contributed by atoms with Crippen molar-refractivity contribution in [3.63, 3.8) is 0 Å². The molecule has 0 saturated heterocycles. The van der Waals surface area contributed by atoms with Crippen LogP contribution >= 0.6 is 0 Å². The van der Waals surface area contributed by atoms with Gasteiger partial charge in [-0.15, -0.1) is 0 Å². The minimum absolute atomic E-state index is 0.568. The van der Waals surface area contributed by atoms with Gasteiger partial charge in [-0.1, -0.05) is 84.9 Å². The normalized spacial score (nSPS) is 13.0. The summed E-state index contributed by atoms with van der Waals surface area (Å²) in [6.45, 7) is 1.56. The quantitative estimate of drug-likeness (QED) is 0.334. The molecule has 0 fully saturated rings. The molecule has 0 unspecified atom stereocenters. The summed E-state index contributed by atoms with van der Waals surface area (Å²) in [7, 11) is 0. The first-order valence-corrected chi connectivity index (χ1v) is 11.0. The molecule has 0 amide bonds. The average molecular weight is 406 g/mol. The molecule has 1 aliphatic carbocycles. The Labute approximate surface area is 183 Å². The topological polar surface area (TPSA) is 41.6 Å². The van der Waals surface area contributed by atoms with E-state index >= 15 is 0 Å². The molecule has 5 rings (SSSR count). The highest BCUT2D eigenvalue weighted by Gasteiger charge is 2.16. The van der Waals surface area contributed by atoms with Crippen molar-refractivity contribution in [3.05, 3.63) is 113 Å². The van der Waals surface area contributed by atoms with E-state index in [1.54, 1.807) is 0 Å². The van der Waals surface area contributed by atoms with Crippen LogP contribution < -0.4 is 5.73 Å². The lowest BCUT2D eigenvalue weighted by atomic mass is 10.0. The van der Waals surface area contributed by atoms with Crippen LogP contribution in [0.5, 0.6) is 0 Å². The summed E-state index contributed by atoms with van der Waals surface area (Å²) in [5.41, 5.74) is 13.0. The molecule has 4 aromatic carbocycles. The summed E-state index contributed by atoms with van der Waals surface area (Å²) in [6, 6.07) is 31.9. The molecule has 2 N–H and O–H groups in total. The number of rotatable bonds is 6.